The third-order valence-electron chi connectivity index (χ3n) is 4.58. The molecule has 0 spiro atoms. The molecule has 0 saturated heterocycles. The Morgan fingerprint density at radius 1 is 1.32 bits per heavy atom. The highest BCUT2D eigenvalue weighted by Crippen LogP contribution is 2.25. The van der Waals surface area contributed by atoms with Crippen LogP contribution in [0.4, 0.5) is 19.3 Å². The Hall–Kier alpha value is -2.84. The molecule has 0 bridgehead atoms. The van der Waals surface area contributed by atoms with Gasteiger partial charge in [-0.3, -0.25) is 4.98 Å². The topological polar surface area (TPSA) is 85.7 Å². The van der Waals surface area contributed by atoms with Gasteiger partial charge in [0.05, 0.1) is 6.61 Å². The van der Waals surface area contributed by atoms with E-state index in [2.05, 4.69) is 10.3 Å². The molecule has 1 aromatic carbocycles. The number of aliphatic hydroxyl groups is 2. The van der Waals surface area contributed by atoms with E-state index in [1.165, 1.54) is 6.20 Å². The molecule has 1 aliphatic rings. The number of nitrogens with one attached hydrogen (secondary N) is 1. The van der Waals surface area contributed by atoms with E-state index in [9.17, 15) is 18.7 Å². The first-order chi connectivity index (χ1) is 13.5. The summed E-state index contributed by atoms with van der Waals surface area (Å²) in [6, 6.07) is 7.35. The zero-order valence-corrected chi connectivity index (χ0v) is 15.1. The number of nitrogens with zero attached hydrogens (tertiary/aromatic N) is 2. The number of carbonyl (C=O) groups is 1. The molecule has 0 radical (unpaired) electrons. The van der Waals surface area contributed by atoms with Crippen LogP contribution in [0.2, 0.25) is 0 Å². The van der Waals surface area contributed by atoms with E-state index in [-0.39, 0.29) is 17.3 Å². The lowest BCUT2D eigenvalue weighted by molar-refractivity contribution is 0.0950. The molecule has 3 rings (SSSR count). The van der Waals surface area contributed by atoms with Crippen molar-refractivity contribution in [2.24, 2.45) is 0 Å². The van der Waals surface area contributed by atoms with E-state index in [4.69, 9.17) is 5.11 Å². The fourth-order valence-electron chi connectivity index (χ4n) is 2.93. The maximum Gasteiger partial charge on any atom is 0.322 e. The Labute approximate surface area is 161 Å². The van der Waals surface area contributed by atoms with Crippen LogP contribution in [0.15, 0.2) is 42.6 Å². The Balaban J connectivity index is 1.64. The molecular weight excluding hydrogens is 368 g/mol. The summed E-state index contributed by atoms with van der Waals surface area (Å²) in [5.74, 6) is -0.581. The highest BCUT2D eigenvalue weighted by molar-refractivity contribution is 5.90. The number of pyridine rings is 1. The van der Waals surface area contributed by atoms with Gasteiger partial charge in [-0.1, -0.05) is 18.2 Å². The molecule has 2 amide bonds. The normalized spacial score (nSPS) is 15.1. The summed E-state index contributed by atoms with van der Waals surface area (Å²) in [7, 11) is 0. The highest BCUT2D eigenvalue weighted by atomic mass is 19.1. The zero-order valence-electron chi connectivity index (χ0n) is 15.1. The van der Waals surface area contributed by atoms with Gasteiger partial charge in [0, 0.05) is 30.5 Å². The van der Waals surface area contributed by atoms with E-state index < -0.39 is 25.2 Å². The number of anilines is 1. The lowest BCUT2D eigenvalue weighted by atomic mass is 10.0. The molecule has 3 N–H and O–H groups in total. The summed E-state index contributed by atoms with van der Waals surface area (Å²) in [5.41, 5.74) is 2.17. The molecule has 1 atom stereocenters. The number of hydrogen-bond acceptors (Lipinski definition) is 4. The second-order valence-corrected chi connectivity index (χ2v) is 6.48. The Morgan fingerprint density at radius 3 is 2.64 bits per heavy atom. The Bertz CT molecular complexity index is 871. The average molecular weight is 389 g/mol. The fourth-order valence-corrected chi connectivity index (χ4v) is 2.93. The molecule has 6 nitrogen and oxygen atoms in total. The Morgan fingerprint density at radius 2 is 2.07 bits per heavy atom. The van der Waals surface area contributed by atoms with Crippen LogP contribution in [0.5, 0.6) is 0 Å². The maximum atomic E-state index is 14.3. The maximum absolute atomic E-state index is 14.3. The van der Waals surface area contributed by atoms with Gasteiger partial charge in [0.25, 0.3) is 0 Å². The van der Waals surface area contributed by atoms with Crippen LogP contribution in [-0.2, 0) is 6.67 Å². The molecule has 0 fully saturated rings. The molecule has 0 unspecified atom stereocenters. The predicted octanol–water partition coefficient (Wildman–Crippen LogP) is 3.04. The van der Waals surface area contributed by atoms with Crippen molar-refractivity contribution in [2.75, 3.05) is 25.0 Å². The number of aromatic nitrogens is 1. The van der Waals surface area contributed by atoms with Gasteiger partial charge in [-0.25, -0.2) is 13.6 Å². The van der Waals surface area contributed by atoms with Crippen molar-refractivity contribution in [1.29, 1.82) is 0 Å². The number of carbonyl (C=O) groups excluding carboxylic acids is 1. The van der Waals surface area contributed by atoms with Crippen LogP contribution in [0, 0.1) is 5.82 Å². The van der Waals surface area contributed by atoms with Gasteiger partial charge in [0.1, 0.15) is 24.3 Å². The first-order valence-corrected chi connectivity index (χ1v) is 8.86. The van der Waals surface area contributed by atoms with E-state index in [1.54, 1.807) is 35.2 Å². The van der Waals surface area contributed by atoms with E-state index in [1.807, 2.05) is 0 Å². The first-order valence-electron chi connectivity index (χ1n) is 8.86. The molecule has 1 aromatic heterocycles. The molecular formula is C20H21F2N3O3. The summed E-state index contributed by atoms with van der Waals surface area (Å²) in [6.07, 6.45) is 2.33. The van der Waals surface area contributed by atoms with Crippen LogP contribution in [0.3, 0.4) is 0 Å². The van der Waals surface area contributed by atoms with Gasteiger partial charge < -0.3 is 20.4 Å². The van der Waals surface area contributed by atoms with Crippen molar-refractivity contribution in [2.45, 2.75) is 19.2 Å². The SMILES string of the molecule is O=C(Nc1ccc(CF)cc1)N1CC=C(c2ncc([C@H](O)CO)cc2F)CC1. The van der Waals surface area contributed by atoms with Crippen LogP contribution < -0.4 is 5.32 Å². The van der Waals surface area contributed by atoms with Crippen LogP contribution >= 0.6 is 0 Å². The summed E-state index contributed by atoms with van der Waals surface area (Å²) in [4.78, 5) is 18.0. The second-order valence-electron chi connectivity index (χ2n) is 6.48. The number of rotatable bonds is 5. The van der Waals surface area contributed by atoms with E-state index in [0.29, 0.717) is 36.3 Å². The largest absolute Gasteiger partial charge is 0.393 e. The molecule has 28 heavy (non-hydrogen) atoms. The quantitative estimate of drug-likeness (QED) is 0.734. The minimum absolute atomic E-state index is 0.177. The summed E-state index contributed by atoms with van der Waals surface area (Å²) < 4.78 is 26.9. The van der Waals surface area contributed by atoms with E-state index in [0.717, 1.165) is 6.07 Å². The standard InChI is InChI=1S/C20H21F2N3O3/c21-10-13-1-3-16(4-2-13)24-20(28)25-7-5-14(6-8-25)19-17(22)9-15(11-23-19)18(27)12-26/h1-5,9,11,18,26-27H,6-8,10,12H2,(H,24,28)/t18-/m1/s1. The Kier molecular flexibility index (Phi) is 6.33. The minimum atomic E-state index is -1.17. The molecule has 8 heteroatoms. The van der Waals surface area contributed by atoms with Gasteiger partial charge in [-0.05, 0) is 35.8 Å². The van der Waals surface area contributed by atoms with E-state index >= 15 is 0 Å². The molecule has 2 aromatic rings. The lowest BCUT2D eigenvalue weighted by Gasteiger charge is -2.26. The van der Waals surface area contributed by atoms with Gasteiger partial charge in [-0.2, -0.15) is 0 Å². The second kappa shape index (κ2) is 8.90. The number of halogens is 2. The van der Waals surface area contributed by atoms with Crippen molar-refractivity contribution < 1.29 is 23.8 Å². The molecule has 148 valence electrons. The molecule has 0 saturated carbocycles. The number of amides is 2. The number of aliphatic hydroxyl groups excluding tert-OH is 2. The molecule has 0 aliphatic carbocycles. The van der Waals surface area contributed by atoms with Crippen LogP contribution in [-0.4, -0.2) is 45.8 Å². The number of benzene rings is 1. The number of urea groups is 1. The fraction of sp³-hybridized carbons (Fsp3) is 0.300. The smallest absolute Gasteiger partial charge is 0.322 e. The van der Waals surface area contributed by atoms with Crippen molar-refractivity contribution in [3.8, 4) is 0 Å². The summed E-state index contributed by atoms with van der Waals surface area (Å²) in [6.45, 7) is -0.379. The third-order valence-corrected chi connectivity index (χ3v) is 4.58. The van der Waals surface area contributed by atoms with Gasteiger partial charge >= 0.3 is 6.03 Å². The van der Waals surface area contributed by atoms with Gasteiger partial charge in [-0.15, -0.1) is 0 Å². The first kappa shape index (κ1) is 19.9. The molecule has 2 heterocycles. The highest BCUT2D eigenvalue weighted by Gasteiger charge is 2.21. The number of alkyl halides is 1. The summed E-state index contributed by atoms with van der Waals surface area (Å²) in [5, 5.41) is 21.2. The molecule has 1 aliphatic heterocycles. The summed E-state index contributed by atoms with van der Waals surface area (Å²) >= 11 is 0. The van der Waals surface area contributed by atoms with Gasteiger partial charge in [0.2, 0.25) is 0 Å². The van der Waals surface area contributed by atoms with Gasteiger partial charge in [0.15, 0.2) is 0 Å². The van der Waals surface area contributed by atoms with Crippen molar-refractivity contribution in [3.05, 3.63) is 65.2 Å². The van der Waals surface area contributed by atoms with Crippen LogP contribution in [0.25, 0.3) is 5.57 Å². The predicted molar refractivity (Wildman–Crippen MR) is 101 cm³/mol. The monoisotopic (exact) mass is 389 g/mol. The van der Waals surface area contributed by atoms with Crippen molar-refractivity contribution in [3.63, 3.8) is 0 Å². The lowest BCUT2D eigenvalue weighted by Crippen LogP contribution is -2.38. The number of hydrogen-bond donors (Lipinski definition) is 3. The minimum Gasteiger partial charge on any atom is -0.393 e. The van der Waals surface area contributed by atoms with Crippen LogP contribution in [0.1, 0.15) is 29.3 Å². The average Bonchev–Trinajstić information content (AvgIpc) is 2.73. The zero-order chi connectivity index (χ0) is 20.1. The van der Waals surface area contributed by atoms with Crippen molar-refractivity contribution in [1.82, 2.24) is 9.88 Å². The van der Waals surface area contributed by atoms with Crippen molar-refractivity contribution >= 4 is 17.3 Å². The third kappa shape index (κ3) is 4.52.